The Morgan fingerprint density at radius 1 is 0.941 bits per heavy atom. The minimum Gasteiger partial charge on any atom is -0.454 e. The van der Waals surface area contributed by atoms with E-state index >= 15 is 4.39 Å². The summed E-state index contributed by atoms with van der Waals surface area (Å²) in [5, 5.41) is -0.0814. The second-order valence-corrected chi connectivity index (χ2v) is 11.2. The number of aryl methyl sites for hydroxylation is 1. The molecular formula is C23H16F2N2O5S2. The van der Waals surface area contributed by atoms with E-state index in [-0.39, 0.29) is 21.5 Å². The fourth-order valence-corrected chi connectivity index (χ4v) is 5.82. The number of ether oxygens (including phenoxy) is 1. The summed E-state index contributed by atoms with van der Waals surface area (Å²) >= 11 is 0. The highest BCUT2D eigenvalue weighted by atomic mass is 32.2. The third kappa shape index (κ3) is 4.02. The summed E-state index contributed by atoms with van der Waals surface area (Å²) in [5.41, 5.74) is 0.243. The van der Waals surface area contributed by atoms with Crippen LogP contribution >= 0.6 is 0 Å². The second kappa shape index (κ2) is 8.23. The minimum atomic E-state index is -4.16. The van der Waals surface area contributed by atoms with Crippen LogP contribution < -0.4 is 4.74 Å². The van der Waals surface area contributed by atoms with Crippen LogP contribution in [0.5, 0.6) is 11.5 Å². The van der Waals surface area contributed by atoms with Crippen LogP contribution in [0.25, 0.3) is 15.7 Å². The Morgan fingerprint density at radius 2 is 1.62 bits per heavy atom. The van der Waals surface area contributed by atoms with E-state index in [9.17, 15) is 21.2 Å². The zero-order valence-electron chi connectivity index (χ0n) is 17.8. The Bertz CT molecular complexity index is 1700. The van der Waals surface area contributed by atoms with E-state index in [1.54, 1.807) is 19.1 Å². The lowest BCUT2D eigenvalue weighted by Crippen LogP contribution is -2.12. The molecule has 0 saturated carbocycles. The monoisotopic (exact) mass is 502 g/mol. The van der Waals surface area contributed by atoms with Gasteiger partial charge in [-0.15, -0.1) is 0 Å². The molecule has 0 aliphatic carbocycles. The van der Waals surface area contributed by atoms with E-state index in [0.29, 0.717) is 0 Å². The number of sulfone groups is 1. The SMILES string of the molecule is [C-]#[N+]c1cc(Oc2c(F)cc3c(ccn3S(=O)(=O)c3ccc(C)cc3)c2S(C)(=O)=O)ccc1F. The van der Waals surface area contributed by atoms with Crippen LogP contribution in [-0.4, -0.2) is 27.1 Å². The molecule has 11 heteroatoms. The molecule has 0 atom stereocenters. The number of hydrogen-bond acceptors (Lipinski definition) is 5. The maximum Gasteiger partial charge on any atom is 0.268 e. The lowest BCUT2D eigenvalue weighted by Gasteiger charge is -2.14. The van der Waals surface area contributed by atoms with E-state index in [1.165, 1.54) is 18.2 Å². The molecule has 4 rings (SSSR count). The molecule has 4 aromatic rings. The molecule has 7 nitrogen and oxygen atoms in total. The number of hydrogen-bond donors (Lipinski definition) is 0. The maximum atomic E-state index is 15.2. The van der Waals surface area contributed by atoms with Crippen molar-refractivity contribution in [2.75, 3.05) is 6.26 Å². The number of rotatable bonds is 5. The van der Waals surface area contributed by atoms with Crippen molar-refractivity contribution in [1.29, 1.82) is 0 Å². The highest BCUT2D eigenvalue weighted by Gasteiger charge is 2.28. The first-order chi connectivity index (χ1) is 15.9. The van der Waals surface area contributed by atoms with Crippen molar-refractivity contribution in [3.8, 4) is 11.5 Å². The normalized spacial score (nSPS) is 12.0. The second-order valence-electron chi connectivity index (χ2n) is 7.48. The molecular weight excluding hydrogens is 486 g/mol. The quantitative estimate of drug-likeness (QED) is 0.350. The van der Waals surface area contributed by atoms with Crippen molar-refractivity contribution < 1.29 is 30.4 Å². The number of fused-ring (bicyclic) bond motifs is 1. The lowest BCUT2D eigenvalue weighted by molar-refractivity contribution is 0.429. The fourth-order valence-electron chi connectivity index (χ4n) is 3.43. The Labute approximate surface area is 194 Å². The predicted octanol–water partition coefficient (Wildman–Crippen LogP) is 5.21. The van der Waals surface area contributed by atoms with Gasteiger partial charge in [-0.25, -0.2) is 34.4 Å². The first kappa shape index (κ1) is 23.4. The van der Waals surface area contributed by atoms with Crippen LogP contribution in [0.1, 0.15) is 5.56 Å². The van der Waals surface area contributed by atoms with Gasteiger partial charge in [0.05, 0.1) is 17.0 Å². The molecule has 0 radical (unpaired) electrons. The van der Waals surface area contributed by atoms with E-state index in [4.69, 9.17) is 11.3 Å². The van der Waals surface area contributed by atoms with Gasteiger partial charge in [0.15, 0.2) is 21.4 Å². The predicted molar refractivity (Wildman–Crippen MR) is 122 cm³/mol. The van der Waals surface area contributed by atoms with Gasteiger partial charge in [0.1, 0.15) is 16.5 Å². The van der Waals surface area contributed by atoms with Crippen molar-refractivity contribution >= 4 is 36.5 Å². The van der Waals surface area contributed by atoms with Crippen molar-refractivity contribution in [3.05, 3.63) is 89.4 Å². The van der Waals surface area contributed by atoms with Crippen molar-refractivity contribution in [2.45, 2.75) is 16.7 Å². The molecule has 34 heavy (non-hydrogen) atoms. The first-order valence-corrected chi connectivity index (χ1v) is 13.0. The molecule has 0 unspecified atom stereocenters. The molecule has 0 N–H and O–H groups in total. The summed E-state index contributed by atoms with van der Waals surface area (Å²) in [4.78, 5) is 2.36. The fraction of sp³-hybridized carbons (Fsp3) is 0.0870. The summed E-state index contributed by atoms with van der Waals surface area (Å²) in [5.74, 6) is -2.83. The van der Waals surface area contributed by atoms with Crippen LogP contribution in [0.15, 0.2) is 70.6 Å². The molecule has 0 aliphatic heterocycles. The maximum absolute atomic E-state index is 15.2. The van der Waals surface area contributed by atoms with Gasteiger partial charge in [0, 0.05) is 23.9 Å². The Hall–Kier alpha value is -3.75. The summed E-state index contributed by atoms with van der Waals surface area (Å²) in [6.07, 6.45) is 1.96. The highest BCUT2D eigenvalue weighted by Crippen LogP contribution is 2.40. The van der Waals surface area contributed by atoms with E-state index in [1.807, 2.05) is 0 Å². The molecule has 0 amide bonds. The van der Waals surface area contributed by atoms with Crippen LogP contribution in [0, 0.1) is 25.1 Å². The standard InChI is InChI=1S/C23H16F2N2O5S2/c1-14-4-7-16(8-5-14)34(30,31)27-11-10-17-21(27)13-19(25)22(23(17)33(3,28)29)32-15-6-9-18(24)20(12-15)26-2/h4-13H,1,3H3. The van der Waals surface area contributed by atoms with Gasteiger partial charge in [-0.1, -0.05) is 17.7 Å². The zero-order valence-corrected chi connectivity index (χ0v) is 19.4. The molecule has 0 bridgehead atoms. The number of nitrogens with zero attached hydrogens (tertiary/aromatic N) is 2. The largest absolute Gasteiger partial charge is 0.454 e. The van der Waals surface area contributed by atoms with Crippen LogP contribution in [0.3, 0.4) is 0 Å². The highest BCUT2D eigenvalue weighted by molar-refractivity contribution is 7.91. The molecule has 0 saturated heterocycles. The van der Waals surface area contributed by atoms with Gasteiger partial charge in [0.2, 0.25) is 5.69 Å². The van der Waals surface area contributed by atoms with E-state index < -0.39 is 47.8 Å². The third-order valence-electron chi connectivity index (χ3n) is 5.03. The van der Waals surface area contributed by atoms with Crippen LogP contribution in [0.2, 0.25) is 0 Å². The Morgan fingerprint density at radius 3 is 2.24 bits per heavy atom. The Balaban J connectivity index is 1.95. The van der Waals surface area contributed by atoms with Gasteiger partial charge in [-0.2, -0.15) is 0 Å². The van der Waals surface area contributed by atoms with Gasteiger partial charge in [0.25, 0.3) is 10.0 Å². The molecule has 1 heterocycles. The van der Waals surface area contributed by atoms with Gasteiger partial charge < -0.3 is 4.74 Å². The summed E-state index contributed by atoms with van der Waals surface area (Å²) in [6.45, 7) is 8.79. The number of aromatic nitrogens is 1. The third-order valence-corrected chi connectivity index (χ3v) is 7.88. The summed E-state index contributed by atoms with van der Waals surface area (Å²) in [6, 6.07) is 11.1. The average Bonchev–Trinajstić information content (AvgIpc) is 3.18. The van der Waals surface area contributed by atoms with E-state index in [2.05, 4.69) is 4.85 Å². The molecule has 174 valence electrons. The molecule has 0 aliphatic rings. The van der Waals surface area contributed by atoms with Crippen LogP contribution in [0.4, 0.5) is 14.5 Å². The summed E-state index contributed by atoms with van der Waals surface area (Å²) in [7, 11) is -8.30. The van der Waals surface area contributed by atoms with Gasteiger partial charge in [-0.05, 0) is 43.3 Å². The molecule has 3 aromatic carbocycles. The molecule has 1 aromatic heterocycles. The number of benzene rings is 3. The average molecular weight is 503 g/mol. The van der Waals surface area contributed by atoms with Crippen LogP contribution in [-0.2, 0) is 19.9 Å². The van der Waals surface area contributed by atoms with Gasteiger partial charge in [-0.3, -0.25) is 0 Å². The number of halogens is 2. The topological polar surface area (TPSA) is 86.8 Å². The molecule has 0 fully saturated rings. The van der Waals surface area contributed by atoms with Crippen molar-refractivity contribution in [2.24, 2.45) is 0 Å². The first-order valence-electron chi connectivity index (χ1n) is 9.64. The van der Waals surface area contributed by atoms with Crippen molar-refractivity contribution in [3.63, 3.8) is 0 Å². The lowest BCUT2D eigenvalue weighted by atomic mass is 10.2. The van der Waals surface area contributed by atoms with Crippen molar-refractivity contribution in [1.82, 2.24) is 3.97 Å². The smallest absolute Gasteiger partial charge is 0.268 e. The Kier molecular flexibility index (Phi) is 5.67. The summed E-state index contributed by atoms with van der Waals surface area (Å²) < 4.78 is 86.7. The van der Waals surface area contributed by atoms with Gasteiger partial charge >= 0.3 is 0 Å². The van der Waals surface area contributed by atoms with E-state index in [0.717, 1.165) is 46.3 Å². The zero-order chi connectivity index (χ0) is 24.8. The molecule has 0 spiro atoms. The minimum absolute atomic E-state index is 0.0600.